The standard InChI is InChI=1S/C17H19NO3/c1-17(13-5-3-2-4-6-13)8-9-18(12-17)11-15-14(16(19)20)7-10-21-15/h2-7,10H,8-9,11-12H2,1H3,(H,19,20). The summed E-state index contributed by atoms with van der Waals surface area (Å²) in [5.74, 6) is -0.386. The average molecular weight is 285 g/mol. The normalized spacial score (nSPS) is 22.5. The molecule has 1 aliphatic rings. The molecule has 1 saturated heterocycles. The van der Waals surface area contributed by atoms with Crippen LogP contribution in [0.3, 0.4) is 0 Å². The highest BCUT2D eigenvalue weighted by molar-refractivity contribution is 5.88. The summed E-state index contributed by atoms with van der Waals surface area (Å²) in [5.41, 5.74) is 1.73. The molecule has 1 atom stereocenters. The van der Waals surface area contributed by atoms with Crippen LogP contribution in [0.5, 0.6) is 0 Å². The Hall–Kier alpha value is -2.07. The van der Waals surface area contributed by atoms with Crippen LogP contribution in [-0.2, 0) is 12.0 Å². The predicted molar refractivity (Wildman–Crippen MR) is 79.4 cm³/mol. The predicted octanol–water partition coefficient (Wildman–Crippen LogP) is 3.14. The van der Waals surface area contributed by atoms with Crippen molar-refractivity contribution in [2.75, 3.05) is 13.1 Å². The number of carboxylic acid groups (broad SMARTS) is 1. The molecule has 0 radical (unpaired) electrons. The van der Waals surface area contributed by atoms with Crippen LogP contribution < -0.4 is 0 Å². The number of likely N-dealkylation sites (tertiary alicyclic amines) is 1. The van der Waals surface area contributed by atoms with Crippen LogP contribution in [0.2, 0.25) is 0 Å². The Bertz CT molecular complexity index is 634. The lowest BCUT2D eigenvalue weighted by Crippen LogP contribution is -2.28. The molecule has 0 bridgehead atoms. The molecule has 4 heteroatoms. The number of hydrogen-bond acceptors (Lipinski definition) is 3. The third-order valence-electron chi connectivity index (χ3n) is 4.37. The van der Waals surface area contributed by atoms with Crippen molar-refractivity contribution in [1.82, 2.24) is 4.90 Å². The van der Waals surface area contributed by atoms with Crippen molar-refractivity contribution < 1.29 is 14.3 Å². The Morgan fingerprint density at radius 2 is 2.10 bits per heavy atom. The van der Waals surface area contributed by atoms with E-state index in [9.17, 15) is 4.79 Å². The number of carbonyl (C=O) groups is 1. The van der Waals surface area contributed by atoms with Gasteiger partial charge in [-0.1, -0.05) is 37.3 Å². The van der Waals surface area contributed by atoms with Crippen molar-refractivity contribution >= 4 is 5.97 Å². The summed E-state index contributed by atoms with van der Waals surface area (Å²) < 4.78 is 5.34. The van der Waals surface area contributed by atoms with E-state index in [-0.39, 0.29) is 11.0 Å². The second-order valence-electron chi connectivity index (χ2n) is 5.95. The molecule has 0 amide bonds. The van der Waals surface area contributed by atoms with E-state index in [4.69, 9.17) is 9.52 Å². The molecule has 3 rings (SSSR count). The summed E-state index contributed by atoms with van der Waals surface area (Å²) in [5, 5.41) is 9.13. The second-order valence-corrected chi connectivity index (χ2v) is 5.95. The smallest absolute Gasteiger partial charge is 0.339 e. The average Bonchev–Trinajstić information content (AvgIpc) is 3.08. The lowest BCUT2D eigenvalue weighted by Gasteiger charge is -2.25. The number of benzene rings is 1. The maximum atomic E-state index is 11.1. The zero-order valence-electron chi connectivity index (χ0n) is 12.1. The zero-order valence-corrected chi connectivity index (χ0v) is 12.1. The number of furan rings is 1. The Morgan fingerprint density at radius 3 is 2.81 bits per heavy atom. The molecule has 1 aromatic carbocycles. The minimum absolute atomic E-state index is 0.122. The molecular weight excluding hydrogens is 266 g/mol. The van der Waals surface area contributed by atoms with Crippen molar-refractivity contribution in [3.63, 3.8) is 0 Å². The molecule has 2 aromatic rings. The Labute approximate surface area is 124 Å². The molecule has 0 aliphatic carbocycles. The van der Waals surface area contributed by atoms with E-state index < -0.39 is 5.97 Å². The number of carboxylic acids is 1. The first kappa shape index (κ1) is 13.9. The van der Waals surface area contributed by atoms with Gasteiger partial charge in [0.1, 0.15) is 11.3 Å². The lowest BCUT2D eigenvalue weighted by atomic mass is 9.82. The van der Waals surface area contributed by atoms with Crippen LogP contribution in [0.25, 0.3) is 0 Å². The molecule has 1 fully saturated rings. The Kier molecular flexibility index (Phi) is 3.55. The maximum absolute atomic E-state index is 11.1. The first-order valence-electron chi connectivity index (χ1n) is 7.16. The molecule has 21 heavy (non-hydrogen) atoms. The van der Waals surface area contributed by atoms with E-state index in [0.29, 0.717) is 12.3 Å². The fourth-order valence-corrected chi connectivity index (χ4v) is 3.12. The van der Waals surface area contributed by atoms with E-state index in [2.05, 4.69) is 36.1 Å². The largest absolute Gasteiger partial charge is 0.478 e. The van der Waals surface area contributed by atoms with Crippen molar-refractivity contribution in [3.05, 3.63) is 59.5 Å². The lowest BCUT2D eigenvalue weighted by molar-refractivity contribution is 0.0693. The van der Waals surface area contributed by atoms with Crippen LogP contribution in [0.4, 0.5) is 0 Å². The van der Waals surface area contributed by atoms with Gasteiger partial charge in [-0.25, -0.2) is 4.79 Å². The molecule has 0 spiro atoms. The molecule has 1 N–H and O–H groups in total. The SMILES string of the molecule is CC1(c2ccccc2)CCN(Cc2occc2C(=O)O)C1. The maximum Gasteiger partial charge on any atom is 0.339 e. The van der Waals surface area contributed by atoms with Gasteiger partial charge in [0.2, 0.25) is 0 Å². The van der Waals surface area contributed by atoms with Crippen LogP contribution in [0, 0.1) is 0 Å². The molecule has 0 saturated carbocycles. The quantitative estimate of drug-likeness (QED) is 0.937. The number of hydrogen-bond donors (Lipinski definition) is 1. The van der Waals surface area contributed by atoms with E-state index in [0.717, 1.165) is 19.5 Å². The van der Waals surface area contributed by atoms with Gasteiger partial charge in [-0.15, -0.1) is 0 Å². The summed E-state index contributed by atoms with van der Waals surface area (Å²) in [6.45, 7) is 4.68. The highest BCUT2D eigenvalue weighted by Gasteiger charge is 2.35. The van der Waals surface area contributed by atoms with Gasteiger partial charge in [0.15, 0.2) is 0 Å². The summed E-state index contributed by atoms with van der Waals surface area (Å²) in [6.07, 6.45) is 2.52. The minimum Gasteiger partial charge on any atom is -0.478 e. The third kappa shape index (κ3) is 2.72. The number of rotatable bonds is 4. The van der Waals surface area contributed by atoms with Crippen molar-refractivity contribution in [3.8, 4) is 0 Å². The molecule has 2 heterocycles. The van der Waals surface area contributed by atoms with E-state index in [1.165, 1.54) is 17.9 Å². The highest BCUT2D eigenvalue weighted by atomic mass is 16.4. The fraction of sp³-hybridized carbons (Fsp3) is 0.353. The summed E-state index contributed by atoms with van der Waals surface area (Å²) in [4.78, 5) is 13.4. The van der Waals surface area contributed by atoms with Gasteiger partial charge in [-0.3, -0.25) is 4.90 Å². The van der Waals surface area contributed by atoms with Gasteiger partial charge in [0, 0.05) is 12.0 Å². The minimum atomic E-state index is -0.927. The van der Waals surface area contributed by atoms with E-state index in [1.807, 2.05) is 6.07 Å². The molecule has 1 aliphatic heterocycles. The van der Waals surface area contributed by atoms with Gasteiger partial charge in [-0.05, 0) is 24.6 Å². The van der Waals surface area contributed by atoms with E-state index in [1.54, 1.807) is 0 Å². The summed E-state index contributed by atoms with van der Waals surface area (Å²) >= 11 is 0. The van der Waals surface area contributed by atoms with Crippen molar-refractivity contribution in [2.24, 2.45) is 0 Å². The Morgan fingerprint density at radius 1 is 1.33 bits per heavy atom. The van der Waals surface area contributed by atoms with Crippen LogP contribution in [-0.4, -0.2) is 29.1 Å². The third-order valence-corrected chi connectivity index (χ3v) is 4.37. The van der Waals surface area contributed by atoms with Gasteiger partial charge in [0.25, 0.3) is 0 Å². The van der Waals surface area contributed by atoms with Crippen molar-refractivity contribution in [1.29, 1.82) is 0 Å². The Balaban J connectivity index is 1.73. The second kappa shape index (κ2) is 5.37. The highest BCUT2D eigenvalue weighted by Crippen LogP contribution is 2.34. The topological polar surface area (TPSA) is 53.7 Å². The molecule has 110 valence electrons. The van der Waals surface area contributed by atoms with Crippen LogP contribution in [0.1, 0.15) is 35.0 Å². The van der Waals surface area contributed by atoms with Crippen LogP contribution in [0.15, 0.2) is 47.1 Å². The number of aromatic carboxylic acids is 1. The molecule has 1 unspecified atom stereocenters. The van der Waals surface area contributed by atoms with Gasteiger partial charge >= 0.3 is 5.97 Å². The molecule has 1 aromatic heterocycles. The first-order chi connectivity index (χ1) is 10.1. The fourth-order valence-electron chi connectivity index (χ4n) is 3.12. The molecular formula is C17H19NO3. The van der Waals surface area contributed by atoms with Gasteiger partial charge < -0.3 is 9.52 Å². The zero-order chi connectivity index (χ0) is 14.9. The first-order valence-corrected chi connectivity index (χ1v) is 7.16. The monoisotopic (exact) mass is 285 g/mol. The van der Waals surface area contributed by atoms with Crippen molar-refractivity contribution in [2.45, 2.75) is 25.3 Å². The summed E-state index contributed by atoms with van der Waals surface area (Å²) in [7, 11) is 0. The van der Waals surface area contributed by atoms with Gasteiger partial charge in [-0.2, -0.15) is 0 Å². The molecule has 4 nitrogen and oxygen atoms in total. The number of nitrogens with zero attached hydrogens (tertiary/aromatic N) is 1. The van der Waals surface area contributed by atoms with E-state index >= 15 is 0 Å². The van der Waals surface area contributed by atoms with Gasteiger partial charge in [0.05, 0.1) is 12.8 Å². The summed E-state index contributed by atoms with van der Waals surface area (Å²) in [6, 6.07) is 12.0. The van der Waals surface area contributed by atoms with Crippen LogP contribution >= 0.6 is 0 Å².